The summed E-state index contributed by atoms with van der Waals surface area (Å²) in [5.74, 6) is -9.09. The van der Waals surface area contributed by atoms with Gasteiger partial charge in [0.15, 0.2) is 5.67 Å². The van der Waals surface area contributed by atoms with Crippen LogP contribution in [0.1, 0.15) is 27.7 Å². The molecule has 0 radical (unpaired) electrons. The van der Waals surface area contributed by atoms with Crippen LogP contribution < -0.4 is 0 Å². The van der Waals surface area contributed by atoms with Crippen molar-refractivity contribution in [2.75, 3.05) is 0 Å². The number of rotatable bonds is 3. The third kappa shape index (κ3) is 1.83. The molecule has 0 nitrogen and oxygen atoms in total. The van der Waals surface area contributed by atoms with Gasteiger partial charge in [0.2, 0.25) is 5.67 Å². The van der Waals surface area contributed by atoms with Gasteiger partial charge >= 0.3 is 5.92 Å². The van der Waals surface area contributed by atoms with Crippen LogP contribution >= 0.6 is 0 Å². The molecule has 6 heteroatoms. The molecular formula is C8H12F6. The fourth-order valence-corrected chi connectivity index (χ4v) is 0.834. The van der Waals surface area contributed by atoms with Gasteiger partial charge in [0.1, 0.15) is 0 Å². The molecule has 0 amide bonds. The largest absolute Gasteiger partial charge is 0.319 e. The molecular weight excluding hydrogens is 210 g/mol. The number of hydrogen-bond acceptors (Lipinski definition) is 0. The van der Waals surface area contributed by atoms with Crippen molar-refractivity contribution in [1.29, 1.82) is 0 Å². The van der Waals surface area contributed by atoms with E-state index in [1.54, 1.807) is 0 Å². The highest BCUT2D eigenvalue weighted by Crippen LogP contribution is 2.50. The molecule has 0 aliphatic rings. The summed E-state index contributed by atoms with van der Waals surface area (Å²) in [5.41, 5.74) is -7.58. The average molecular weight is 222 g/mol. The Labute approximate surface area is 78.3 Å². The molecule has 0 fully saturated rings. The zero-order valence-corrected chi connectivity index (χ0v) is 8.27. The minimum Gasteiger partial charge on any atom is -0.238 e. The lowest BCUT2D eigenvalue weighted by Gasteiger charge is -2.39. The summed E-state index contributed by atoms with van der Waals surface area (Å²) in [7, 11) is 0. The summed E-state index contributed by atoms with van der Waals surface area (Å²) in [6.07, 6.45) is 0. The highest BCUT2D eigenvalue weighted by molar-refractivity contribution is 5.06. The van der Waals surface area contributed by atoms with Gasteiger partial charge in [0, 0.05) is 6.92 Å². The SMILES string of the molecule is CC(C)(F)C(F)(F)C(C)(F)C(C)(F)F. The molecule has 1 atom stereocenters. The first kappa shape index (κ1) is 13.6. The minimum absolute atomic E-state index is 0.00563. The zero-order valence-electron chi connectivity index (χ0n) is 8.27. The summed E-state index contributed by atoms with van der Waals surface area (Å²) in [5, 5.41) is 0. The van der Waals surface area contributed by atoms with E-state index in [2.05, 4.69) is 0 Å². The first-order valence-corrected chi connectivity index (χ1v) is 3.88. The molecule has 0 heterocycles. The Morgan fingerprint density at radius 3 is 1.00 bits per heavy atom. The molecule has 86 valence electrons. The smallest absolute Gasteiger partial charge is 0.238 e. The van der Waals surface area contributed by atoms with Gasteiger partial charge in [-0.15, -0.1) is 0 Å². The summed E-state index contributed by atoms with van der Waals surface area (Å²) in [4.78, 5) is 0. The van der Waals surface area contributed by atoms with Crippen LogP contribution in [0, 0.1) is 0 Å². The summed E-state index contributed by atoms with van der Waals surface area (Å²) in [6.45, 7) is 0.702. The van der Waals surface area contributed by atoms with E-state index in [-0.39, 0.29) is 13.8 Å². The first-order valence-electron chi connectivity index (χ1n) is 3.88. The van der Waals surface area contributed by atoms with Gasteiger partial charge in [0.25, 0.3) is 5.92 Å². The molecule has 0 aromatic heterocycles. The predicted octanol–water partition coefficient (Wildman–Crippen LogP) is 3.75. The van der Waals surface area contributed by atoms with Crippen LogP contribution in [0.3, 0.4) is 0 Å². The fraction of sp³-hybridized carbons (Fsp3) is 1.00. The van der Waals surface area contributed by atoms with E-state index in [1.165, 1.54) is 0 Å². The molecule has 0 aromatic carbocycles. The maximum atomic E-state index is 13.1. The van der Waals surface area contributed by atoms with Crippen LogP contribution in [0.4, 0.5) is 26.3 Å². The molecule has 1 unspecified atom stereocenters. The van der Waals surface area contributed by atoms with Crippen molar-refractivity contribution >= 4 is 0 Å². The van der Waals surface area contributed by atoms with E-state index < -0.39 is 23.2 Å². The molecule has 0 rings (SSSR count). The van der Waals surface area contributed by atoms with Gasteiger partial charge < -0.3 is 0 Å². The molecule has 14 heavy (non-hydrogen) atoms. The topological polar surface area (TPSA) is 0 Å². The normalized spacial score (nSPS) is 19.3. The molecule has 0 N–H and O–H groups in total. The molecule has 0 spiro atoms. The van der Waals surface area contributed by atoms with Crippen LogP contribution in [0.15, 0.2) is 0 Å². The summed E-state index contributed by atoms with van der Waals surface area (Å²) in [6, 6.07) is 0. The van der Waals surface area contributed by atoms with Crippen molar-refractivity contribution in [3.63, 3.8) is 0 Å². The number of hydrogen-bond donors (Lipinski definition) is 0. The van der Waals surface area contributed by atoms with Crippen molar-refractivity contribution in [2.45, 2.75) is 50.9 Å². The van der Waals surface area contributed by atoms with E-state index in [0.29, 0.717) is 13.8 Å². The van der Waals surface area contributed by atoms with E-state index in [1.807, 2.05) is 0 Å². The van der Waals surface area contributed by atoms with Gasteiger partial charge in [-0.1, -0.05) is 0 Å². The van der Waals surface area contributed by atoms with Gasteiger partial charge in [0.05, 0.1) is 0 Å². The lowest BCUT2D eigenvalue weighted by atomic mass is 9.84. The molecule has 0 saturated heterocycles. The zero-order chi connectivity index (χ0) is 12.0. The Hall–Kier alpha value is -0.420. The van der Waals surface area contributed by atoms with E-state index in [4.69, 9.17) is 0 Å². The monoisotopic (exact) mass is 222 g/mol. The van der Waals surface area contributed by atoms with Crippen LogP contribution in [-0.4, -0.2) is 23.2 Å². The van der Waals surface area contributed by atoms with Crippen molar-refractivity contribution < 1.29 is 26.3 Å². The first-order chi connectivity index (χ1) is 5.75. The average Bonchev–Trinajstić information content (AvgIpc) is 1.81. The maximum Gasteiger partial charge on any atom is 0.319 e. The van der Waals surface area contributed by atoms with E-state index >= 15 is 0 Å². The number of alkyl halides is 6. The van der Waals surface area contributed by atoms with Gasteiger partial charge in [-0.05, 0) is 20.8 Å². The van der Waals surface area contributed by atoms with Gasteiger partial charge in [-0.2, -0.15) is 8.78 Å². The summed E-state index contributed by atoms with van der Waals surface area (Å²) < 4.78 is 77.0. The highest BCUT2D eigenvalue weighted by Gasteiger charge is 2.70. The van der Waals surface area contributed by atoms with E-state index in [9.17, 15) is 26.3 Å². The Kier molecular flexibility index (Phi) is 2.94. The second-order valence-corrected chi connectivity index (χ2v) is 3.94. The van der Waals surface area contributed by atoms with Crippen LogP contribution in [0.25, 0.3) is 0 Å². The molecule has 0 bridgehead atoms. The Morgan fingerprint density at radius 1 is 0.643 bits per heavy atom. The lowest BCUT2D eigenvalue weighted by molar-refractivity contribution is -0.273. The molecule has 0 aromatic rings. The summed E-state index contributed by atoms with van der Waals surface area (Å²) >= 11 is 0. The minimum atomic E-state index is -4.77. The van der Waals surface area contributed by atoms with Gasteiger partial charge in [-0.25, -0.2) is 17.6 Å². The van der Waals surface area contributed by atoms with Crippen molar-refractivity contribution in [1.82, 2.24) is 0 Å². The fourth-order valence-electron chi connectivity index (χ4n) is 0.834. The Balaban J connectivity index is 5.30. The van der Waals surface area contributed by atoms with Crippen molar-refractivity contribution in [2.24, 2.45) is 0 Å². The highest BCUT2D eigenvalue weighted by atomic mass is 19.3. The van der Waals surface area contributed by atoms with Gasteiger partial charge in [-0.3, -0.25) is 0 Å². The van der Waals surface area contributed by atoms with E-state index in [0.717, 1.165) is 0 Å². The third-order valence-electron chi connectivity index (χ3n) is 2.16. The van der Waals surface area contributed by atoms with Crippen LogP contribution in [0.2, 0.25) is 0 Å². The molecule has 0 aliphatic heterocycles. The maximum absolute atomic E-state index is 13.1. The van der Waals surface area contributed by atoms with Crippen LogP contribution in [-0.2, 0) is 0 Å². The number of halogens is 6. The second kappa shape index (κ2) is 3.03. The van der Waals surface area contributed by atoms with Crippen LogP contribution in [0.5, 0.6) is 0 Å². The van der Waals surface area contributed by atoms with Crippen molar-refractivity contribution in [3.8, 4) is 0 Å². The molecule has 0 saturated carbocycles. The predicted molar refractivity (Wildman–Crippen MR) is 40.3 cm³/mol. The van der Waals surface area contributed by atoms with Crippen molar-refractivity contribution in [3.05, 3.63) is 0 Å². The second-order valence-electron chi connectivity index (χ2n) is 3.94. The quantitative estimate of drug-likeness (QED) is 0.638. The Bertz CT molecular complexity index is 183. The lowest BCUT2D eigenvalue weighted by Crippen LogP contribution is -2.61. The Morgan fingerprint density at radius 2 is 0.929 bits per heavy atom. The molecule has 0 aliphatic carbocycles. The standard InChI is InChI=1S/C8H12F6/c1-5(2,9)8(13,14)6(3,10)7(4,11)12/h1-4H3. The third-order valence-corrected chi connectivity index (χ3v) is 2.16.